The van der Waals surface area contributed by atoms with E-state index in [0.29, 0.717) is 13.0 Å². The van der Waals surface area contributed by atoms with Gasteiger partial charge in [0.25, 0.3) is 0 Å². The second kappa shape index (κ2) is 5.80. The summed E-state index contributed by atoms with van der Waals surface area (Å²) in [5.41, 5.74) is 2.50. The van der Waals surface area contributed by atoms with Gasteiger partial charge in [-0.05, 0) is 12.1 Å². The van der Waals surface area contributed by atoms with E-state index < -0.39 is 0 Å². The van der Waals surface area contributed by atoms with Gasteiger partial charge in [0.15, 0.2) is 0 Å². The third kappa shape index (κ3) is 2.78. The Kier molecular flexibility index (Phi) is 4.13. The molecule has 1 aromatic carbocycles. The van der Waals surface area contributed by atoms with Crippen molar-refractivity contribution in [1.82, 2.24) is 9.78 Å². The summed E-state index contributed by atoms with van der Waals surface area (Å²) in [6, 6.07) is 9.84. The molecule has 0 atom stereocenters. The van der Waals surface area contributed by atoms with Crippen LogP contribution >= 0.6 is 15.9 Å². The highest BCUT2D eigenvalue weighted by Gasteiger charge is 2.10. The Balaban J connectivity index is 2.34. The van der Waals surface area contributed by atoms with Crippen LogP contribution in [-0.4, -0.2) is 14.9 Å². The Morgan fingerprint density at radius 2 is 2.06 bits per heavy atom. The lowest BCUT2D eigenvalue weighted by Crippen LogP contribution is -1.97. The molecule has 0 aliphatic heterocycles. The summed E-state index contributed by atoms with van der Waals surface area (Å²) < 4.78 is 2.70. The average Bonchev–Trinajstić information content (AvgIpc) is 2.80. The molecule has 0 spiro atoms. The van der Waals surface area contributed by atoms with Gasteiger partial charge in [-0.2, -0.15) is 10.4 Å². The zero-order valence-corrected chi connectivity index (χ0v) is 11.3. The molecular weight excluding hydrogens is 294 g/mol. The van der Waals surface area contributed by atoms with E-state index in [0.717, 1.165) is 21.3 Å². The van der Waals surface area contributed by atoms with E-state index in [-0.39, 0.29) is 6.61 Å². The summed E-state index contributed by atoms with van der Waals surface area (Å²) in [6.07, 6.45) is 2.20. The number of halogens is 1. The van der Waals surface area contributed by atoms with Crippen molar-refractivity contribution in [1.29, 1.82) is 5.26 Å². The first-order valence-corrected chi connectivity index (χ1v) is 6.34. The molecular formula is C13H12BrN3O. The van der Waals surface area contributed by atoms with E-state index in [9.17, 15) is 5.11 Å². The lowest BCUT2D eigenvalue weighted by atomic mass is 10.1. The van der Waals surface area contributed by atoms with E-state index in [1.165, 1.54) is 0 Å². The van der Waals surface area contributed by atoms with Crippen molar-refractivity contribution in [3.8, 4) is 17.3 Å². The quantitative estimate of drug-likeness (QED) is 0.944. The van der Waals surface area contributed by atoms with Crippen molar-refractivity contribution < 1.29 is 5.11 Å². The minimum absolute atomic E-state index is 0.0576. The summed E-state index contributed by atoms with van der Waals surface area (Å²) in [5, 5.41) is 22.3. The first-order valence-electron chi connectivity index (χ1n) is 5.54. The van der Waals surface area contributed by atoms with Crippen molar-refractivity contribution >= 4 is 15.9 Å². The van der Waals surface area contributed by atoms with Crippen molar-refractivity contribution in [2.45, 2.75) is 19.6 Å². The number of rotatable bonds is 4. The Morgan fingerprint density at radius 1 is 1.33 bits per heavy atom. The number of hydrogen-bond donors (Lipinski definition) is 1. The van der Waals surface area contributed by atoms with Crippen LogP contribution in [0.2, 0.25) is 0 Å². The molecule has 4 nitrogen and oxygen atoms in total. The maximum absolute atomic E-state index is 9.35. The Morgan fingerprint density at radius 3 is 2.67 bits per heavy atom. The van der Waals surface area contributed by atoms with Gasteiger partial charge in [-0.3, -0.25) is 4.68 Å². The first-order chi connectivity index (χ1) is 8.74. The topological polar surface area (TPSA) is 61.8 Å². The first kappa shape index (κ1) is 12.8. The van der Waals surface area contributed by atoms with E-state index in [1.807, 2.05) is 24.3 Å². The van der Waals surface area contributed by atoms with E-state index in [2.05, 4.69) is 27.1 Å². The second-order valence-electron chi connectivity index (χ2n) is 3.84. The zero-order valence-electron chi connectivity index (χ0n) is 9.67. The highest BCUT2D eigenvalue weighted by Crippen LogP contribution is 2.24. The molecule has 0 amide bonds. The van der Waals surface area contributed by atoms with Crippen LogP contribution in [0.15, 0.2) is 34.9 Å². The minimum atomic E-state index is -0.0576. The molecule has 92 valence electrons. The van der Waals surface area contributed by atoms with Crippen LogP contribution in [0.4, 0.5) is 0 Å². The molecule has 1 N–H and O–H groups in total. The van der Waals surface area contributed by atoms with Crippen LogP contribution in [0.1, 0.15) is 12.0 Å². The summed E-state index contributed by atoms with van der Waals surface area (Å²) in [4.78, 5) is 0. The molecule has 1 heterocycles. The van der Waals surface area contributed by atoms with Crippen molar-refractivity contribution in [2.24, 2.45) is 0 Å². The van der Waals surface area contributed by atoms with Gasteiger partial charge in [-0.15, -0.1) is 0 Å². The third-order valence-electron chi connectivity index (χ3n) is 2.58. The third-order valence-corrected chi connectivity index (χ3v) is 3.11. The Bertz CT molecular complexity index is 569. The highest BCUT2D eigenvalue weighted by molar-refractivity contribution is 9.10. The molecule has 5 heteroatoms. The second-order valence-corrected chi connectivity index (χ2v) is 4.75. The smallest absolute Gasteiger partial charge is 0.0978 e. The van der Waals surface area contributed by atoms with E-state index in [1.54, 1.807) is 10.9 Å². The van der Waals surface area contributed by atoms with Crippen molar-refractivity contribution in [3.05, 3.63) is 40.5 Å². The number of aliphatic hydroxyl groups is 1. The van der Waals surface area contributed by atoms with Crippen LogP contribution in [0.3, 0.4) is 0 Å². The summed E-state index contributed by atoms with van der Waals surface area (Å²) in [7, 11) is 0. The van der Waals surface area contributed by atoms with Gasteiger partial charge >= 0.3 is 0 Å². The monoisotopic (exact) mass is 305 g/mol. The number of hydrogen-bond acceptors (Lipinski definition) is 3. The van der Waals surface area contributed by atoms with Crippen LogP contribution < -0.4 is 0 Å². The fraction of sp³-hybridized carbons (Fsp3) is 0.231. The molecule has 0 radical (unpaired) electrons. The van der Waals surface area contributed by atoms with Crippen LogP contribution in [0.5, 0.6) is 0 Å². The predicted molar refractivity (Wildman–Crippen MR) is 71.5 cm³/mol. The van der Waals surface area contributed by atoms with Gasteiger partial charge in [0.2, 0.25) is 0 Å². The van der Waals surface area contributed by atoms with E-state index >= 15 is 0 Å². The van der Waals surface area contributed by atoms with Crippen LogP contribution in [0.25, 0.3) is 11.3 Å². The lowest BCUT2D eigenvalue weighted by molar-refractivity contribution is 0.282. The largest absolute Gasteiger partial charge is 0.392 e. The van der Waals surface area contributed by atoms with Crippen molar-refractivity contribution in [2.75, 3.05) is 0 Å². The van der Waals surface area contributed by atoms with Gasteiger partial charge < -0.3 is 5.11 Å². The summed E-state index contributed by atoms with van der Waals surface area (Å²) >= 11 is 3.38. The number of nitrogens with zero attached hydrogens (tertiary/aromatic N) is 3. The van der Waals surface area contributed by atoms with Crippen LogP contribution in [-0.2, 0) is 13.2 Å². The standard InChI is InChI=1S/C13H12BrN3O/c14-12-4-2-10(3-5-12)13-11(9-18)8-17(16-13)7-1-6-15/h2-5,8,18H,1,7,9H2. The maximum Gasteiger partial charge on any atom is 0.0978 e. The Hall–Kier alpha value is -1.64. The normalized spacial score (nSPS) is 10.3. The SMILES string of the molecule is N#CCCn1cc(CO)c(-c2ccc(Br)cc2)n1. The molecule has 0 bridgehead atoms. The summed E-state index contributed by atoms with van der Waals surface area (Å²) in [6.45, 7) is 0.484. The van der Waals surface area contributed by atoms with Gasteiger partial charge in [-0.1, -0.05) is 28.1 Å². The number of aryl methyl sites for hydroxylation is 1. The fourth-order valence-corrected chi connectivity index (χ4v) is 1.97. The molecule has 0 saturated carbocycles. The van der Waals surface area contributed by atoms with Gasteiger partial charge in [0, 0.05) is 21.8 Å². The van der Waals surface area contributed by atoms with Gasteiger partial charge in [-0.25, -0.2) is 0 Å². The lowest BCUT2D eigenvalue weighted by Gasteiger charge is -1.99. The number of nitriles is 1. The summed E-state index contributed by atoms with van der Waals surface area (Å²) in [5.74, 6) is 0. The van der Waals surface area contributed by atoms with E-state index in [4.69, 9.17) is 5.26 Å². The van der Waals surface area contributed by atoms with Crippen LogP contribution in [0, 0.1) is 11.3 Å². The molecule has 0 saturated heterocycles. The highest BCUT2D eigenvalue weighted by atomic mass is 79.9. The van der Waals surface area contributed by atoms with Gasteiger partial charge in [0.05, 0.1) is 31.3 Å². The van der Waals surface area contributed by atoms with Crippen molar-refractivity contribution in [3.63, 3.8) is 0 Å². The Labute approximate surface area is 114 Å². The molecule has 2 rings (SSSR count). The fourth-order valence-electron chi connectivity index (χ4n) is 1.71. The molecule has 0 aliphatic rings. The molecule has 0 aliphatic carbocycles. The molecule has 18 heavy (non-hydrogen) atoms. The maximum atomic E-state index is 9.35. The molecule has 2 aromatic rings. The molecule has 0 unspecified atom stereocenters. The number of aromatic nitrogens is 2. The average molecular weight is 306 g/mol. The molecule has 0 fully saturated rings. The predicted octanol–water partition coefficient (Wildman–Crippen LogP) is 2.72. The molecule has 1 aromatic heterocycles. The zero-order chi connectivity index (χ0) is 13.0. The van der Waals surface area contributed by atoms with Gasteiger partial charge in [0.1, 0.15) is 0 Å². The number of benzene rings is 1. The number of aliphatic hydroxyl groups excluding tert-OH is 1. The minimum Gasteiger partial charge on any atom is -0.392 e.